The van der Waals surface area contributed by atoms with Crippen molar-refractivity contribution in [1.82, 2.24) is 0 Å². The van der Waals surface area contributed by atoms with Crippen molar-refractivity contribution in [1.29, 1.82) is 0 Å². The van der Waals surface area contributed by atoms with Gasteiger partial charge in [-0.2, -0.15) is 0 Å². The Morgan fingerprint density at radius 1 is 0.778 bits per heavy atom. The summed E-state index contributed by atoms with van der Waals surface area (Å²) in [5.74, 6) is 0. The topological polar surface area (TPSA) is 132 Å². The molecule has 0 aliphatic heterocycles. The standard InChI is InChI=1S/2NO3.Te/c2*2-1(3)4;/q2*-1;+2. The molecule has 0 fully saturated rings. The number of hydrogen-bond donors (Lipinski definition) is 0. The molecule has 0 saturated carbocycles. The van der Waals surface area contributed by atoms with Gasteiger partial charge in [-0.05, 0) is 0 Å². The third-order valence-corrected chi connectivity index (χ3v) is 0. The Bertz CT molecular complexity index is 69.1. The first-order chi connectivity index (χ1) is 3.46. The Morgan fingerprint density at radius 2 is 0.778 bits per heavy atom. The quantitative estimate of drug-likeness (QED) is 0.312. The fourth-order valence-corrected chi connectivity index (χ4v) is 0. The van der Waals surface area contributed by atoms with E-state index in [1.54, 1.807) is 0 Å². The van der Waals surface area contributed by atoms with Crippen LogP contribution in [0.25, 0.3) is 0 Å². The van der Waals surface area contributed by atoms with Crippen LogP contribution in [0.15, 0.2) is 0 Å². The van der Waals surface area contributed by atoms with Crippen molar-refractivity contribution in [2.24, 2.45) is 0 Å². The zero-order valence-corrected chi connectivity index (χ0v) is 6.08. The molecule has 0 N–H and O–H groups in total. The maximum Gasteiger partial charge on any atom is 2.00 e. The van der Waals surface area contributed by atoms with E-state index in [0.29, 0.717) is 0 Å². The van der Waals surface area contributed by atoms with Crippen LogP contribution in [0.1, 0.15) is 0 Å². The summed E-state index contributed by atoms with van der Waals surface area (Å²) in [6, 6.07) is 0. The molecule has 0 aliphatic rings. The van der Waals surface area contributed by atoms with Crippen LogP contribution in [0.3, 0.4) is 0 Å². The fourth-order valence-electron chi connectivity index (χ4n) is 0. The monoisotopic (exact) mass is 254 g/mol. The maximum atomic E-state index is 8.25. The Kier molecular flexibility index (Phi) is 17.9. The minimum Gasteiger partial charge on any atom is -0.356 e. The largest absolute Gasteiger partial charge is 2.00 e. The van der Waals surface area contributed by atoms with Crippen LogP contribution < -0.4 is 0 Å². The smallest absolute Gasteiger partial charge is 0.356 e. The van der Waals surface area contributed by atoms with Crippen LogP contribution in [0.5, 0.6) is 0 Å². The molecule has 52 valence electrons. The molecular formula is N2O6Te. The average Bonchev–Trinajstić information content (AvgIpc) is 1.25. The molecule has 0 aromatic carbocycles. The summed E-state index contributed by atoms with van der Waals surface area (Å²) in [6.07, 6.45) is 0. The summed E-state index contributed by atoms with van der Waals surface area (Å²) in [5.41, 5.74) is 0. The predicted molar refractivity (Wildman–Crippen MR) is 26.5 cm³/mol. The van der Waals surface area contributed by atoms with E-state index in [-0.39, 0.29) is 23.7 Å². The van der Waals surface area contributed by atoms with E-state index in [1.165, 1.54) is 0 Å². The molecule has 0 amide bonds. The van der Waals surface area contributed by atoms with Gasteiger partial charge in [-0.15, -0.1) is 0 Å². The molecular weight excluding hydrogens is 252 g/mol. The Hall–Kier alpha value is -0.810. The molecule has 0 rings (SSSR count). The molecule has 0 heterocycles. The van der Waals surface area contributed by atoms with E-state index < -0.39 is 10.2 Å². The van der Waals surface area contributed by atoms with Gasteiger partial charge in [0.15, 0.2) is 0 Å². The molecule has 0 saturated heterocycles. The third kappa shape index (κ3) is 295. The molecule has 0 aromatic rings. The first-order valence-corrected chi connectivity index (χ1v) is 1.10. The van der Waals surface area contributed by atoms with Crippen molar-refractivity contribution in [3.05, 3.63) is 30.6 Å². The van der Waals surface area contributed by atoms with Crippen LogP contribution in [-0.2, 0) is 0 Å². The Labute approximate surface area is 65.0 Å². The van der Waals surface area contributed by atoms with Crippen LogP contribution in [0.2, 0.25) is 0 Å². The minimum absolute atomic E-state index is 0. The van der Waals surface area contributed by atoms with Crippen molar-refractivity contribution in [2.75, 3.05) is 0 Å². The first kappa shape index (κ1) is 15.7. The summed E-state index contributed by atoms with van der Waals surface area (Å²) in [5, 5.41) is 29.5. The molecule has 0 aliphatic carbocycles. The van der Waals surface area contributed by atoms with Crippen molar-refractivity contribution in [3.63, 3.8) is 0 Å². The first-order valence-electron chi connectivity index (χ1n) is 1.10. The van der Waals surface area contributed by atoms with E-state index in [9.17, 15) is 0 Å². The van der Waals surface area contributed by atoms with Gasteiger partial charge in [0.2, 0.25) is 0 Å². The molecule has 0 spiro atoms. The molecule has 9 heteroatoms. The van der Waals surface area contributed by atoms with Crippen LogP contribution in [0.4, 0.5) is 0 Å². The van der Waals surface area contributed by atoms with Gasteiger partial charge in [-0.3, -0.25) is 0 Å². The minimum atomic E-state index is -1.75. The summed E-state index contributed by atoms with van der Waals surface area (Å²) in [4.78, 5) is 16.5. The SMILES string of the molecule is O=[N+]([O-])[O-].O=[N+]([O-])[O-].[Te+2]. The van der Waals surface area contributed by atoms with Crippen molar-refractivity contribution in [3.8, 4) is 0 Å². The normalized spacial score (nSPS) is 5.33. The molecule has 0 aromatic heterocycles. The van der Waals surface area contributed by atoms with Gasteiger partial charge in [0, 0.05) is 0 Å². The second kappa shape index (κ2) is 10.2. The van der Waals surface area contributed by atoms with Crippen molar-refractivity contribution in [2.45, 2.75) is 0 Å². The van der Waals surface area contributed by atoms with Crippen LogP contribution >= 0.6 is 0 Å². The van der Waals surface area contributed by atoms with Crippen molar-refractivity contribution >= 4 is 23.7 Å². The summed E-state index contributed by atoms with van der Waals surface area (Å²) < 4.78 is 0. The molecule has 4 radical (unpaired) electrons. The second-order valence-corrected chi connectivity index (χ2v) is 0.447. The molecule has 9 heavy (non-hydrogen) atoms. The molecule has 0 unspecified atom stereocenters. The predicted octanol–water partition coefficient (Wildman–Crippen LogP) is -0.859. The van der Waals surface area contributed by atoms with Gasteiger partial charge in [0.1, 0.15) is 0 Å². The number of nitrogens with zero attached hydrogens (tertiary/aromatic N) is 2. The van der Waals surface area contributed by atoms with Crippen molar-refractivity contribution < 1.29 is 10.2 Å². The Balaban J connectivity index is -0.0000000720. The average molecular weight is 252 g/mol. The van der Waals surface area contributed by atoms with E-state index in [0.717, 1.165) is 0 Å². The van der Waals surface area contributed by atoms with E-state index >= 15 is 0 Å². The van der Waals surface area contributed by atoms with E-state index in [1.807, 2.05) is 0 Å². The number of hydrogen-bond acceptors (Lipinski definition) is 6. The maximum absolute atomic E-state index is 8.25. The van der Waals surface area contributed by atoms with Crippen LogP contribution in [-0.4, -0.2) is 33.8 Å². The molecule has 8 nitrogen and oxygen atoms in total. The fraction of sp³-hybridized carbons (Fsp3) is 0. The van der Waals surface area contributed by atoms with E-state index in [4.69, 9.17) is 30.6 Å². The summed E-state index contributed by atoms with van der Waals surface area (Å²) in [6.45, 7) is 0. The van der Waals surface area contributed by atoms with Gasteiger partial charge in [-0.1, -0.05) is 0 Å². The number of rotatable bonds is 0. The second-order valence-electron chi connectivity index (χ2n) is 0.447. The third-order valence-electron chi connectivity index (χ3n) is 0. The van der Waals surface area contributed by atoms with Gasteiger partial charge >= 0.3 is 23.7 Å². The van der Waals surface area contributed by atoms with Gasteiger partial charge in [-0.25, -0.2) is 0 Å². The van der Waals surface area contributed by atoms with Gasteiger partial charge in [0.05, 0.1) is 10.2 Å². The van der Waals surface area contributed by atoms with Gasteiger partial charge < -0.3 is 30.6 Å². The zero-order chi connectivity index (χ0) is 7.15. The van der Waals surface area contributed by atoms with Crippen LogP contribution in [0, 0.1) is 30.6 Å². The molecule has 0 atom stereocenters. The summed E-state index contributed by atoms with van der Waals surface area (Å²) in [7, 11) is 0. The summed E-state index contributed by atoms with van der Waals surface area (Å²) >= 11 is 0. The van der Waals surface area contributed by atoms with E-state index in [2.05, 4.69) is 0 Å². The zero-order valence-electron chi connectivity index (χ0n) is 3.75. The Morgan fingerprint density at radius 3 is 0.778 bits per heavy atom. The van der Waals surface area contributed by atoms with Gasteiger partial charge in [0.25, 0.3) is 0 Å². The molecule has 0 bridgehead atoms.